The van der Waals surface area contributed by atoms with Crippen LogP contribution in [-0.4, -0.2) is 98.7 Å². The molecule has 1 fully saturated rings. The Labute approximate surface area is 181 Å². The number of halogens is 1. The van der Waals surface area contributed by atoms with Crippen LogP contribution in [-0.2, 0) is 30.3 Å². The Bertz CT molecular complexity index is 574. The van der Waals surface area contributed by atoms with Gasteiger partial charge in [-0.2, -0.15) is 0 Å². The van der Waals surface area contributed by atoms with Gasteiger partial charge in [-0.15, -0.1) is 11.6 Å². The summed E-state index contributed by atoms with van der Waals surface area (Å²) in [5.41, 5.74) is 0.837. The van der Waals surface area contributed by atoms with E-state index in [9.17, 15) is 15.3 Å². The van der Waals surface area contributed by atoms with Gasteiger partial charge in [-0.05, 0) is 17.7 Å². The molecular formula is C20H31ClO9. The number of hydrogen-bond donors (Lipinski definition) is 3. The number of ether oxygens (including phenoxy) is 6. The summed E-state index contributed by atoms with van der Waals surface area (Å²) >= 11 is 5.50. The summed E-state index contributed by atoms with van der Waals surface area (Å²) in [6.07, 6.45) is -5.45. The third-order valence-corrected chi connectivity index (χ3v) is 4.68. The zero-order chi connectivity index (χ0) is 21.8. The predicted octanol–water partition coefficient (Wildman–Crippen LogP) is 0.308. The lowest BCUT2D eigenvalue weighted by Gasteiger charge is -2.41. The van der Waals surface area contributed by atoms with Crippen molar-refractivity contribution in [3.63, 3.8) is 0 Å². The van der Waals surface area contributed by atoms with Gasteiger partial charge in [0.2, 0.25) is 0 Å². The van der Waals surface area contributed by atoms with Crippen LogP contribution in [0.25, 0.3) is 0 Å². The van der Waals surface area contributed by atoms with E-state index in [1.54, 1.807) is 19.2 Å². The first-order valence-corrected chi connectivity index (χ1v) is 10.3. The van der Waals surface area contributed by atoms with E-state index < -0.39 is 37.3 Å². The van der Waals surface area contributed by atoms with E-state index in [1.807, 2.05) is 12.1 Å². The van der Waals surface area contributed by atoms with Crippen molar-refractivity contribution in [1.29, 1.82) is 0 Å². The van der Waals surface area contributed by atoms with Crippen LogP contribution in [0.3, 0.4) is 0 Å². The fourth-order valence-electron chi connectivity index (χ4n) is 2.90. The number of aliphatic hydroxyl groups excluding tert-OH is 3. The quantitative estimate of drug-likeness (QED) is 0.272. The Morgan fingerprint density at radius 1 is 0.933 bits per heavy atom. The van der Waals surface area contributed by atoms with Gasteiger partial charge < -0.3 is 43.7 Å². The lowest BCUT2D eigenvalue weighted by atomic mass is 9.99. The summed E-state index contributed by atoms with van der Waals surface area (Å²) in [5.74, 6) is 1.14. The first-order chi connectivity index (χ1) is 14.6. The van der Waals surface area contributed by atoms with E-state index >= 15 is 0 Å². The van der Waals surface area contributed by atoms with E-state index in [-0.39, 0.29) is 19.8 Å². The van der Waals surface area contributed by atoms with Gasteiger partial charge in [0, 0.05) is 5.88 Å². The molecule has 0 bridgehead atoms. The van der Waals surface area contributed by atoms with Crippen LogP contribution in [0.15, 0.2) is 24.3 Å². The molecule has 5 atom stereocenters. The molecule has 0 unspecified atom stereocenters. The molecule has 0 aromatic heterocycles. The molecule has 30 heavy (non-hydrogen) atoms. The summed E-state index contributed by atoms with van der Waals surface area (Å²) in [6, 6.07) is 7.22. The molecule has 172 valence electrons. The minimum Gasteiger partial charge on any atom is -0.497 e. The number of hydrogen-bond acceptors (Lipinski definition) is 9. The zero-order valence-corrected chi connectivity index (χ0v) is 17.8. The van der Waals surface area contributed by atoms with Crippen LogP contribution in [0.5, 0.6) is 5.75 Å². The maximum absolute atomic E-state index is 10.6. The second-order valence-electron chi connectivity index (χ2n) is 6.61. The molecule has 1 aliphatic heterocycles. The third kappa shape index (κ3) is 7.92. The number of aliphatic hydroxyl groups is 3. The van der Waals surface area contributed by atoms with Gasteiger partial charge in [0.05, 0.1) is 53.4 Å². The Hall–Kier alpha value is -1.01. The van der Waals surface area contributed by atoms with Crippen LogP contribution in [0, 0.1) is 0 Å². The molecule has 9 nitrogen and oxygen atoms in total. The average molecular weight is 451 g/mol. The van der Waals surface area contributed by atoms with Gasteiger partial charge in [-0.25, -0.2) is 0 Å². The van der Waals surface area contributed by atoms with E-state index in [2.05, 4.69) is 0 Å². The molecule has 1 aliphatic rings. The summed E-state index contributed by atoms with van der Waals surface area (Å²) in [6.45, 7) is 1.41. The fourth-order valence-corrected chi connectivity index (χ4v) is 3.01. The minimum atomic E-state index is -1.24. The van der Waals surface area contributed by atoms with Gasteiger partial charge in [-0.3, -0.25) is 0 Å². The van der Waals surface area contributed by atoms with Crippen molar-refractivity contribution in [3.8, 4) is 5.75 Å². The molecule has 1 saturated heterocycles. The second kappa shape index (κ2) is 14.1. The van der Waals surface area contributed by atoms with Crippen molar-refractivity contribution in [3.05, 3.63) is 29.8 Å². The first kappa shape index (κ1) is 25.3. The molecule has 0 radical (unpaired) electrons. The van der Waals surface area contributed by atoms with Gasteiger partial charge in [-0.1, -0.05) is 12.1 Å². The van der Waals surface area contributed by atoms with Crippen LogP contribution < -0.4 is 4.74 Å². The highest BCUT2D eigenvalue weighted by Crippen LogP contribution is 2.25. The lowest BCUT2D eigenvalue weighted by Crippen LogP contribution is -2.60. The van der Waals surface area contributed by atoms with E-state index in [0.717, 1.165) is 5.56 Å². The van der Waals surface area contributed by atoms with Gasteiger partial charge in [0.25, 0.3) is 0 Å². The van der Waals surface area contributed by atoms with Gasteiger partial charge in [0.1, 0.15) is 30.2 Å². The predicted molar refractivity (Wildman–Crippen MR) is 108 cm³/mol. The number of alkyl halides is 1. The van der Waals surface area contributed by atoms with Crippen LogP contribution >= 0.6 is 11.6 Å². The van der Waals surface area contributed by atoms with Crippen LogP contribution in [0.1, 0.15) is 5.56 Å². The standard InChI is InChI=1S/C20H31ClO9/c1-25-15-4-2-14(3-5-15)13-29-19-17(23)16(12-22)30-20(18(19)24)28-11-10-27-9-8-26-7-6-21/h2-5,16-20,22-24H,6-13H2,1H3/t16-,17+,18-,19+,20+/m1/s1. The lowest BCUT2D eigenvalue weighted by molar-refractivity contribution is -0.310. The Morgan fingerprint density at radius 2 is 1.60 bits per heavy atom. The maximum Gasteiger partial charge on any atom is 0.186 e. The molecule has 0 aliphatic carbocycles. The first-order valence-electron chi connectivity index (χ1n) is 9.80. The zero-order valence-electron chi connectivity index (χ0n) is 17.0. The van der Waals surface area contributed by atoms with Gasteiger partial charge >= 0.3 is 0 Å². The van der Waals surface area contributed by atoms with Crippen LogP contribution in [0.2, 0.25) is 0 Å². The number of methoxy groups -OCH3 is 1. The maximum atomic E-state index is 10.6. The molecule has 3 N–H and O–H groups in total. The summed E-state index contributed by atoms with van der Waals surface area (Å²) in [5, 5.41) is 30.5. The third-order valence-electron chi connectivity index (χ3n) is 4.53. The Morgan fingerprint density at radius 3 is 2.23 bits per heavy atom. The van der Waals surface area contributed by atoms with E-state index in [0.29, 0.717) is 31.5 Å². The second-order valence-corrected chi connectivity index (χ2v) is 6.99. The minimum absolute atomic E-state index is 0.149. The molecule has 1 aromatic rings. The van der Waals surface area contributed by atoms with Crippen molar-refractivity contribution in [1.82, 2.24) is 0 Å². The number of benzene rings is 1. The van der Waals surface area contributed by atoms with Crippen molar-refractivity contribution in [2.24, 2.45) is 0 Å². The molecule has 1 heterocycles. The monoisotopic (exact) mass is 450 g/mol. The summed E-state index contributed by atoms with van der Waals surface area (Å²) in [7, 11) is 1.58. The highest BCUT2D eigenvalue weighted by molar-refractivity contribution is 6.17. The molecule has 10 heteroatoms. The van der Waals surface area contributed by atoms with Crippen LogP contribution in [0.4, 0.5) is 0 Å². The normalized spacial score (nSPS) is 26.6. The molecule has 0 spiro atoms. The molecule has 0 amide bonds. The highest BCUT2D eigenvalue weighted by atomic mass is 35.5. The molecular weight excluding hydrogens is 420 g/mol. The molecule has 1 aromatic carbocycles. The van der Waals surface area contributed by atoms with Crippen molar-refractivity contribution in [2.45, 2.75) is 37.3 Å². The smallest absolute Gasteiger partial charge is 0.186 e. The fraction of sp³-hybridized carbons (Fsp3) is 0.700. The Kier molecular flexibility index (Phi) is 11.9. The summed E-state index contributed by atoms with van der Waals surface area (Å²) < 4.78 is 32.4. The molecule has 0 saturated carbocycles. The van der Waals surface area contributed by atoms with Crippen molar-refractivity contribution < 1.29 is 43.7 Å². The highest BCUT2D eigenvalue weighted by Gasteiger charge is 2.45. The molecule has 2 rings (SSSR count). The Balaban J connectivity index is 1.81. The summed E-state index contributed by atoms with van der Waals surface area (Å²) in [4.78, 5) is 0. The topological polar surface area (TPSA) is 116 Å². The average Bonchev–Trinajstić information content (AvgIpc) is 2.77. The largest absolute Gasteiger partial charge is 0.497 e. The van der Waals surface area contributed by atoms with E-state index in [1.165, 1.54) is 0 Å². The van der Waals surface area contributed by atoms with Gasteiger partial charge in [0.15, 0.2) is 6.29 Å². The van der Waals surface area contributed by atoms with Crippen molar-refractivity contribution >= 4 is 11.6 Å². The van der Waals surface area contributed by atoms with Crippen molar-refractivity contribution in [2.75, 3.05) is 52.6 Å². The number of rotatable bonds is 14. The SMILES string of the molecule is COc1ccc(CO[C@H]2[C@@H](O)[C@@H](CO)O[C@H](OCCOCCOCCCl)[C@@H]2O)cc1. The van der Waals surface area contributed by atoms with E-state index in [4.69, 9.17) is 40.0 Å².